The van der Waals surface area contributed by atoms with Crippen LogP contribution >= 0.6 is 19.2 Å². The lowest BCUT2D eigenvalue weighted by Gasteiger charge is -2.28. The Bertz CT molecular complexity index is 414. The van der Waals surface area contributed by atoms with Gasteiger partial charge in [0.1, 0.15) is 5.78 Å². The zero-order chi connectivity index (χ0) is 13.8. The maximum atomic E-state index is 12.4. The van der Waals surface area contributed by atoms with Crippen LogP contribution in [0.15, 0.2) is 24.3 Å². The van der Waals surface area contributed by atoms with Gasteiger partial charge in [-0.2, -0.15) is 0 Å². The molecule has 0 bridgehead atoms. The topological polar surface area (TPSA) is 47.6 Å². The van der Waals surface area contributed by atoms with Gasteiger partial charge in [0.15, 0.2) is 0 Å². The van der Waals surface area contributed by atoms with E-state index in [1.54, 1.807) is 12.1 Å². The summed E-state index contributed by atoms with van der Waals surface area (Å²) < 4.78 is 22.5. The second kappa shape index (κ2) is 6.58. The fourth-order valence-electron chi connectivity index (χ4n) is 1.63. The van der Waals surface area contributed by atoms with Crippen LogP contribution in [0.2, 0.25) is 5.02 Å². The number of benzene rings is 1. The van der Waals surface area contributed by atoms with Crippen molar-refractivity contribution >= 4 is 24.9 Å². The van der Waals surface area contributed by atoms with Gasteiger partial charge in [0, 0.05) is 24.9 Å². The molecule has 1 atom stereocenters. The van der Waals surface area contributed by atoms with Crippen molar-refractivity contribution in [2.75, 3.05) is 19.5 Å². The molecule has 0 radical (unpaired) electrons. The number of hydrogen-bond acceptors (Lipinski definition) is 4. The molecule has 18 heavy (non-hydrogen) atoms. The third-order valence-electron chi connectivity index (χ3n) is 2.64. The van der Waals surface area contributed by atoms with Gasteiger partial charge in [-0.25, -0.2) is 0 Å². The summed E-state index contributed by atoms with van der Waals surface area (Å²) in [6.07, 6.45) is 0. The van der Waals surface area contributed by atoms with Crippen molar-refractivity contribution in [2.24, 2.45) is 5.92 Å². The first kappa shape index (κ1) is 15.5. The predicted molar refractivity (Wildman–Crippen MR) is 75.3 cm³/mol. The average molecular weight is 292 g/mol. The SMILES string of the molecule is COP(=O)(OC)C(Nc1ccc(Cl)cc1)C(C)C. The van der Waals surface area contributed by atoms with Crippen molar-refractivity contribution in [1.82, 2.24) is 0 Å². The van der Waals surface area contributed by atoms with Crippen LogP contribution in [0.1, 0.15) is 13.8 Å². The van der Waals surface area contributed by atoms with Gasteiger partial charge in [-0.1, -0.05) is 25.4 Å². The van der Waals surface area contributed by atoms with Crippen molar-refractivity contribution in [1.29, 1.82) is 0 Å². The number of halogens is 1. The molecule has 0 aromatic heterocycles. The first-order valence-electron chi connectivity index (χ1n) is 5.66. The molecule has 0 saturated heterocycles. The predicted octanol–water partition coefficient (Wildman–Crippen LogP) is 4.22. The van der Waals surface area contributed by atoms with E-state index in [4.69, 9.17) is 20.6 Å². The standard InChI is InChI=1S/C12H19ClNO3P/c1-9(2)12(18(15,16-3)17-4)14-11-7-5-10(13)6-8-11/h5-9,12,14H,1-4H3. The molecule has 0 aliphatic rings. The second-order valence-electron chi connectivity index (χ2n) is 4.25. The van der Waals surface area contributed by atoms with E-state index < -0.39 is 13.4 Å². The van der Waals surface area contributed by atoms with Gasteiger partial charge >= 0.3 is 7.60 Å². The third kappa shape index (κ3) is 3.72. The number of nitrogens with one attached hydrogen (secondary N) is 1. The zero-order valence-electron chi connectivity index (χ0n) is 11.0. The zero-order valence-corrected chi connectivity index (χ0v) is 12.7. The molecule has 1 rings (SSSR count). The van der Waals surface area contributed by atoms with Crippen molar-refractivity contribution in [2.45, 2.75) is 19.6 Å². The first-order valence-corrected chi connectivity index (χ1v) is 7.65. The molecule has 4 nitrogen and oxygen atoms in total. The van der Waals surface area contributed by atoms with E-state index in [1.807, 2.05) is 26.0 Å². The molecule has 0 heterocycles. The Morgan fingerprint density at radius 2 is 1.67 bits per heavy atom. The van der Waals surface area contributed by atoms with Gasteiger partial charge in [-0.15, -0.1) is 0 Å². The summed E-state index contributed by atoms with van der Waals surface area (Å²) in [5.74, 6) is -0.319. The number of rotatable bonds is 6. The summed E-state index contributed by atoms with van der Waals surface area (Å²) in [5.41, 5.74) is 0.826. The van der Waals surface area contributed by atoms with Gasteiger partial charge in [0.2, 0.25) is 0 Å². The minimum atomic E-state index is -3.17. The molecule has 0 aliphatic heterocycles. The fourth-order valence-corrected chi connectivity index (χ4v) is 3.40. The first-order chi connectivity index (χ1) is 8.42. The smallest absolute Gasteiger partial charge is 0.352 e. The van der Waals surface area contributed by atoms with E-state index in [-0.39, 0.29) is 5.92 Å². The van der Waals surface area contributed by atoms with Crippen molar-refractivity contribution in [3.05, 3.63) is 29.3 Å². The van der Waals surface area contributed by atoms with E-state index in [2.05, 4.69) is 5.32 Å². The van der Waals surface area contributed by atoms with Crippen LogP contribution in [0.3, 0.4) is 0 Å². The van der Waals surface area contributed by atoms with E-state index in [0.29, 0.717) is 5.02 Å². The molecular weight excluding hydrogens is 273 g/mol. The van der Waals surface area contributed by atoms with Crippen LogP contribution in [-0.4, -0.2) is 20.0 Å². The summed E-state index contributed by atoms with van der Waals surface area (Å²) in [6.45, 7) is 3.91. The lowest BCUT2D eigenvalue weighted by atomic mass is 10.2. The molecule has 0 fully saturated rings. The quantitative estimate of drug-likeness (QED) is 0.797. The Hall–Kier alpha value is -0.540. The van der Waals surface area contributed by atoms with Crippen LogP contribution in [0.25, 0.3) is 0 Å². The van der Waals surface area contributed by atoms with Gasteiger partial charge in [-0.05, 0) is 30.2 Å². The Labute approximate surface area is 113 Å². The van der Waals surface area contributed by atoms with E-state index in [0.717, 1.165) is 5.69 Å². The van der Waals surface area contributed by atoms with Crippen molar-refractivity contribution in [3.63, 3.8) is 0 Å². The number of anilines is 1. The minimum Gasteiger partial charge on any atom is -0.371 e. The number of hydrogen-bond donors (Lipinski definition) is 1. The van der Waals surface area contributed by atoms with Crippen molar-refractivity contribution < 1.29 is 13.6 Å². The van der Waals surface area contributed by atoms with E-state index >= 15 is 0 Å². The summed E-state index contributed by atoms with van der Waals surface area (Å²) >= 11 is 5.82. The van der Waals surface area contributed by atoms with Gasteiger partial charge in [-0.3, -0.25) is 4.57 Å². The molecule has 1 aromatic carbocycles. The normalized spacial score (nSPS) is 13.7. The highest BCUT2D eigenvalue weighted by Crippen LogP contribution is 2.54. The maximum Gasteiger partial charge on any atom is 0.352 e. The van der Waals surface area contributed by atoms with E-state index in [1.165, 1.54) is 14.2 Å². The molecule has 6 heteroatoms. The highest BCUT2D eigenvalue weighted by atomic mass is 35.5. The molecule has 1 aromatic rings. The Morgan fingerprint density at radius 3 is 2.06 bits per heavy atom. The summed E-state index contributed by atoms with van der Waals surface area (Å²) in [6, 6.07) is 7.19. The average Bonchev–Trinajstić information content (AvgIpc) is 2.37. The minimum absolute atomic E-state index is 0.0893. The summed E-state index contributed by atoms with van der Waals surface area (Å²) in [4.78, 5) is 0. The molecule has 102 valence electrons. The molecular formula is C12H19ClNO3P. The second-order valence-corrected chi connectivity index (χ2v) is 7.05. The third-order valence-corrected chi connectivity index (χ3v) is 5.32. The van der Waals surface area contributed by atoms with Crippen LogP contribution in [0.4, 0.5) is 5.69 Å². The lowest BCUT2D eigenvalue weighted by Crippen LogP contribution is -2.27. The van der Waals surface area contributed by atoms with Gasteiger partial charge in [0.25, 0.3) is 0 Å². The summed E-state index contributed by atoms with van der Waals surface area (Å²) in [5, 5.41) is 3.83. The monoisotopic (exact) mass is 291 g/mol. The highest BCUT2D eigenvalue weighted by molar-refractivity contribution is 7.54. The largest absolute Gasteiger partial charge is 0.371 e. The van der Waals surface area contributed by atoms with Crippen LogP contribution in [0, 0.1) is 5.92 Å². The molecule has 0 saturated carbocycles. The Balaban J connectivity index is 2.94. The molecule has 1 N–H and O–H groups in total. The molecule has 1 unspecified atom stereocenters. The fraction of sp³-hybridized carbons (Fsp3) is 0.500. The van der Waals surface area contributed by atoms with Crippen molar-refractivity contribution in [3.8, 4) is 0 Å². The van der Waals surface area contributed by atoms with Crippen LogP contribution < -0.4 is 5.32 Å². The van der Waals surface area contributed by atoms with Crippen LogP contribution in [-0.2, 0) is 13.6 Å². The van der Waals surface area contributed by atoms with E-state index in [9.17, 15) is 4.57 Å². The Kier molecular flexibility index (Phi) is 5.67. The molecule has 0 amide bonds. The highest BCUT2D eigenvalue weighted by Gasteiger charge is 2.36. The summed E-state index contributed by atoms with van der Waals surface area (Å²) in [7, 11) is -0.385. The van der Waals surface area contributed by atoms with Crippen LogP contribution in [0.5, 0.6) is 0 Å². The lowest BCUT2D eigenvalue weighted by molar-refractivity contribution is 0.261. The maximum absolute atomic E-state index is 12.4. The van der Waals surface area contributed by atoms with Gasteiger partial charge < -0.3 is 14.4 Å². The molecule has 0 spiro atoms. The van der Waals surface area contributed by atoms with Gasteiger partial charge in [0.05, 0.1) is 0 Å². The Morgan fingerprint density at radius 1 is 1.17 bits per heavy atom. The molecule has 0 aliphatic carbocycles.